The molecule has 1 heterocycles. The minimum absolute atomic E-state index is 0.226. The van der Waals surface area contributed by atoms with Crippen LogP contribution in [0.5, 0.6) is 0 Å². The van der Waals surface area contributed by atoms with Crippen LogP contribution in [-0.4, -0.2) is 20.4 Å². The summed E-state index contributed by atoms with van der Waals surface area (Å²) >= 11 is 1.15. The first-order valence-electron chi connectivity index (χ1n) is 5.70. The van der Waals surface area contributed by atoms with Gasteiger partial charge >= 0.3 is 0 Å². The molecule has 0 aliphatic heterocycles. The number of nitrogens with zero attached hydrogens (tertiary/aromatic N) is 1. The third-order valence-corrected chi connectivity index (χ3v) is 5.21. The molecule has 0 spiro atoms. The standard InChI is InChI=1S/C12H15N3O2S2/c1-9-14-8-12(18-9)19(16,17)15-11-5-3-10(4-6-11)7-13-2/h3-6,8,13,15H,7H2,1-2H3. The van der Waals surface area contributed by atoms with E-state index in [1.54, 1.807) is 19.1 Å². The Kier molecular flexibility index (Phi) is 4.18. The molecule has 0 aliphatic carbocycles. The van der Waals surface area contributed by atoms with Crippen molar-refractivity contribution in [1.82, 2.24) is 10.3 Å². The molecule has 0 unspecified atom stereocenters. The van der Waals surface area contributed by atoms with Gasteiger partial charge in [-0.05, 0) is 31.7 Å². The SMILES string of the molecule is CNCc1ccc(NS(=O)(=O)c2cnc(C)s2)cc1. The fourth-order valence-electron chi connectivity index (χ4n) is 1.57. The number of aryl methyl sites for hydroxylation is 1. The van der Waals surface area contributed by atoms with Gasteiger partial charge in [0.1, 0.15) is 0 Å². The van der Waals surface area contributed by atoms with Gasteiger partial charge < -0.3 is 5.32 Å². The van der Waals surface area contributed by atoms with Gasteiger partial charge in [-0.3, -0.25) is 4.72 Å². The summed E-state index contributed by atoms with van der Waals surface area (Å²) in [5.74, 6) is 0. The normalized spacial score (nSPS) is 11.5. The smallest absolute Gasteiger partial charge is 0.273 e. The Balaban J connectivity index is 2.16. The van der Waals surface area contributed by atoms with Crippen molar-refractivity contribution in [2.75, 3.05) is 11.8 Å². The highest BCUT2D eigenvalue weighted by atomic mass is 32.2. The molecule has 1 aromatic carbocycles. The summed E-state index contributed by atoms with van der Waals surface area (Å²) in [7, 11) is -1.66. The van der Waals surface area contributed by atoms with Gasteiger partial charge in [-0.25, -0.2) is 13.4 Å². The van der Waals surface area contributed by atoms with Gasteiger partial charge in [-0.15, -0.1) is 11.3 Å². The van der Waals surface area contributed by atoms with Crippen LogP contribution in [-0.2, 0) is 16.6 Å². The van der Waals surface area contributed by atoms with Crippen LogP contribution < -0.4 is 10.0 Å². The second kappa shape index (κ2) is 5.68. The van der Waals surface area contributed by atoms with E-state index in [9.17, 15) is 8.42 Å². The molecule has 0 aliphatic rings. The lowest BCUT2D eigenvalue weighted by Crippen LogP contribution is -2.11. The van der Waals surface area contributed by atoms with E-state index in [1.165, 1.54) is 6.20 Å². The summed E-state index contributed by atoms with van der Waals surface area (Å²) in [5, 5.41) is 3.76. The fourth-order valence-corrected chi connectivity index (χ4v) is 3.73. The van der Waals surface area contributed by atoms with Gasteiger partial charge in [0.15, 0.2) is 4.21 Å². The lowest BCUT2D eigenvalue weighted by atomic mass is 10.2. The summed E-state index contributed by atoms with van der Waals surface area (Å²) in [6.45, 7) is 2.53. The molecule has 1 aromatic heterocycles. The van der Waals surface area contributed by atoms with Crippen molar-refractivity contribution in [3.05, 3.63) is 41.0 Å². The van der Waals surface area contributed by atoms with Crippen molar-refractivity contribution in [2.45, 2.75) is 17.7 Å². The Hall–Kier alpha value is -1.44. The zero-order valence-corrected chi connectivity index (χ0v) is 12.3. The third kappa shape index (κ3) is 3.52. The molecule has 2 aromatic rings. The molecule has 0 atom stereocenters. The zero-order valence-electron chi connectivity index (χ0n) is 10.7. The largest absolute Gasteiger partial charge is 0.316 e. The van der Waals surface area contributed by atoms with Crippen LogP contribution >= 0.6 is 11.3 Å². The molecule has 0 amide bonds. The Labute approximate surface area is 116 Å². The second-order valence-electron chi connectivity index (χ2n) is 4.03. The van der Waals surface area contributed by atoms with E-state index in [1.807, 2.05) is 19.2 Å². The molecule has 102 valence electrons. The Morgan fingerprint density at radius 1 is 1.26 bits per heavy atom. The maximum absolute atomic E-state index is 12.1. The number of hydrogen-bond acceptors (Lipinski definition) is 5. The molecule has 5 nitrogen and oxygen atoms in total. The van der Waals surface area contributed by atoms with Crippen molar-refractivity contribution in [2.24, 2.45) is 0 Å². The van der Waals surface area contributed by atoms with Crippen LogP contribution in [0.15, 0.2) is 34.7 Å². The Morgan fingerprint density at radius 3 is 2.47 bits per heavy atom. The Morgan fingerprint density at radius 2 is 1.95 bits per heavy atom. The number of rotatable bonds is 5. The molecule has 0 saturated carbocycles. The van der Waals surface area contributed by atoms with E-state index in [0.717, 1.165) is 28.5 Å². The number of hydrogen-bond donors (Lipinski definition) is 2. The summed E-state index contributed by atoms with van der Waals surface area (Å²) in [4.78, 5) is 3.95. The maximum Gasteiger partial charge on any atom is 0.273 e. The van der Waals surface area contributed by atoms with Crippen molar-refractivity contribution in [1.29, 1.82) is 0 Å². The summed E-state index contributed by atoms with van der Waals surface area (Å²) in [5.41, 5.74) is 1.64. The molecule has 19 heavy (non-hydrogen) atoms. The molecule has 0 saturated heterocycles. The monoisotopic (exact) mass is 297 g/mol. The molecular weight excluding hydrogens is 282 g/mol. The average Bonchev–Trinajstić information content (AvgIpc) is 2.79. The average molecular weight is 297 g/mol. The number of benzene rings is 1. The topological polar surface area (TPSA) is 71.1 Å². The van der Waals surface area contributed by atoms with Gasteiger partial charge in [0.25, 0.3) is 10.0 Å². The van der Waals surface area contributed by atoms with Crippen molar-refractivity contribution >= 4 is 27.0 Å². The van der Waals surface area contributed by atoms with Crippen LogP contribution in [0.1, 0.15) is 10.6 Å². The highest BCUT2D eigenvalue weighted by Crippen LogP contribution is 2.21. The molecule has 2 rings (SSSR count). The Bertz CT molecular complexity index is 648. The molecule has 7 heteroatoms. The van der Waals surface area contributed by atoms with Crippen LogP contribution in [0, 0.1) is 6.92 Å². The van der Waals surface area contributed by atoms with Crippen molar-refractivity contribution in [3.8, 4) is 0 Å². The first kappa shape index (κ1) is 14.0. The predicted octanol–water partition coefficient (Wildman–Crippen LogP) is 1.97. The minimum atomic E-state index is -3.53. The van der Waals surface area contributed by atoms with E-state index in [0.29, 0.717) is 5.69 Å². The van der Waals surface area contributed by atoms with Gasteiger partial charge in [0.05, 0.1) is 11.2 Å². The molecular formula is C12H15N3O2S2. The number of anilines is 1. The quantitative estimate of drug-likeness (QED) is 0.885. The van der Waals surface area contributed by atoms with E-state index < -0.39 is 10.0 Å². The van der Waals surface area contributed by atoms with Crippen LogP contribution in [0.4, 0.5) is 5.69 Å². The van der Waals surface area contributed by atoms with Crippen molar-refractivity contribution < 1.29 is 8.42 Å². The van der Waals surface area contributed by atoms with Crippen LogP contribution in [0.3, 0.4) is 0 Å². The highest BCUT2D eigenvalue weighted by molar-refractivity contribution is 7.94. The number of nitrogens with one attached hydrogen (secondary N) is 2. The number of thiazole rings is 1. The third-order valence-electron chi connectivity index (χ3n) is 2.45. The summed E-state index contributed by atoms with van der Waals surface area (Å²) in [6, 6.07) is 7.26. The first-order chi connectivity index (χ1) is 9.01. The summed E-state index contributed by atoms with van der Waals surface area (Å²) < 4.78 is 26.9. The van der Waals surface area contributed by atoms with Gasteiger partial charge in [-0.1, -0.05) is 12.1 Å². The molecule has 2 N–H and O–H groups in total. The van der Waals surface area contributed by atoms with E-state index in [4.69, 9.17) is 0 Å². The molecule has 0 radical (unpaired) electrons. The minimum Gasteiger partial charge on any atom is -0.316 e. The van der Waals surface area contributed by atoms with E-state index in [2.05, 4.69) is 15.0 Å². The molecule has 0 bridgehead atoms. The lowest BCUT2D eigenvalue weighted by Gasteiger charge is -2.07. The molecule has 0 fully saturated rings. The number of sulfonamides is 1. The lowest BCUT2D eigenvalue weighted by molar-refractivity contribution is 0.603. The predicted molar refractivity (Wildman–Crippen MR) is 76.9 cm³/mol. The van der Waals surface area contributed by atoms with Gasteiger partial charge in [0.2, 0.25) is 0 Å². The van der Waals surface area contributed by atoms with E-state index in [-0.39, 0.29) is 4.21 Å². The maximum atomic E-state index is 12.1. The highest BCUT2D eigenvalue weighted by Gasteiger charge is 2.16. The van der Waals surface area contributed by atoms with Gasteiger partial charge in [-0.2, -0.15) is 0 Å². The van der Waals surface area contributed by atoms with E-state index >= 15 is 0 Å². The van der Waals surface area contributed by atoms with Gasteiger partial charge in [0, 0.05) is 12.2 Å². The zero-order chi connectivity index (χ0) is 13.9. The van der Waals surface area contributed by atoms with Crippen molar-refractivity contribution in [3.63, 3.8) is 0 Å². The fraction of sp³-hybridized carbons (Fsp3) is 0.250. The first-order valence-corrected chi connectivity index (χ1v) is 8.00. The number of aromatic nitrogens is 1. The second-order valence-corrected chi connectivity index (χ2v) is 7.18. The van der Waals surface area contributed by atoms with Crippen LogP contribution in [0.25, 0.3) is 0 Å². The van der Waals surface area contributed by atoms with Crippen LogP contribution in [0.2, 0.25) is 0 Å². The summed E-state index contributed by atoms with van der Waals surface area (Å²) in [6.07, 6.45) is 1.37.